The molecule has 0 amide bonds. The largest absolute Gasteiger partial charge is 1.00 e. The van der Waals surface area contributed by atoms with E-state index >= 15 is 0 Å². The molecule has 0 unspecified atom stereocenters. The zero-order chi connectivity index (χ0) is 14.5. The molecule has 0 fully saturated rings. The Hall–Kier alpha value is -2.17. The van der Waals surface area contributed by atoms with Gasteiger partial charge in [0.2, 0.25) is 0 Å². The molecular formula is C17H15ClFN2O-. The van der Waals surface area contributed by atoms with Crippen molar-refractivity contribution in [3.05, 3.63) is 78.1 Å². The van der Waals surface area contributed by atoms with Gasteiger partial charge in [-0.05, 0) is 48.5 Å². The standard InChI is InChI=1S/C17H15FN2O.ClH/c18-14-6-4-13(5-7-14)17-9-8-16(21-17)12-19-11-15-3-1-2-10-20-15;/h1-10,19H,11-12H2;1H/p-1. The maximum atomic E-state index is 12.9. The molecule has 0 radical (unpaired) electrons. The van der Waals surface area contributed by atoms with Crippen LogP contribution in [-0.4, -0.2) is 4.98 Å². The molecule has 3 rings (SSSR count). The van der Waals surface area contributed by atoms with E-state index in [0.717, 1.165) is 22.8 Å². The van der Waals surface area contributed by atoms with Crippen molar-refractivity contribution in [1.82, 2.24) is 10.3 Å². The second-order valence-corrected chi connectivity index (χ2v) is 4.70. The van der Waals surface area contributed by atoms with E-state index in [9.17, 15) is 4.39 Å². The van der Waals surface area contributed by atoms with Gasteiger partial charge < -0.3 is 22.1 Å². The molecule has 3 aromatic rings. The first kappa shape index (κ1) is 16.2. The summed E-state index contributed by atoms with van der Waals surface area (Å²) >= 11 is 0. The Labute approximate surface area is 134 Å². The van der Waals surface area contributed by atoms with Crippen LogP contribution in [0.25, 0.3) is 11.3 Å². The molecule has 5 heteroatoms. The Balaban J connectivity index is 0.00000176. The summed E-state index contributed by atoms with van der Waals surface area (Å²) in [4.78, 5) is 4.24. The lowest BCUT2D eigenvalue weighted by Crippen LogP contribution is -3.00. The van der Waals surface area contributed by atoms with Crippen LogP contribution in [0.2, 0.25) is 0 Å². The van der Waals surface area contributed by atoms with Crippen LogP contribution in [0.1, 0.15) is 11.5 Å². The third kappa shape index (κ3) is 4.16. The number of hydrogen-bond donors (Lipinski definition) is 1. The lowest BCUT2D eigenvalue weighted by atomic mass is 10.2. The predicted molar refractivity (Wildman–Crippen MR) is 78.9 cm³/mol. The van der Waals surface area contributed by atoms with E-state index in [2.05, 4.69) is 10.3 Å². The van der Waals surface area contributed by atoms with Gasteiger partial charge in [-0.1, -0.05) is 6.07 Å². The van der Waals surface area contributed by atoms with Crippen molar-refractivity contribution in [3.8, 4) is 11.3 Å². The summed E-state index contributed by atoms with van der Waals surface area (Å²) < 4.78 is 18.6. The molecule has 2 aromatic heterocycles. The number of benzene rings is 1. The molecule has 1 aromatic carbocycles. The topological polar surface area (TPSA) is 38.1 Å². The van der Waals surface area contributed by atoms with Crippen LogP contribution in [0.4, 0.5) is 4.39 Å². The van der Waals surface area contributed by atoms with Crippen LogP contribution in [0, 0.1) is 5.82 Å². The minimum atomic E-state index is -0.248. The summed E-state index contributed by atoms with van der Waals surface area (Å²) in [6, 6.07) is 15.9. The highest BCUT2D eigenvalue weighted by Crippen LogP contribution is 2.22. The van der Waals surface area contributed by atoms with E-state index in [-0.39, 0.29) is 18.2 Å². The minimum Gasteiger partial charge on any atom is -1.00 e. The molecule has 1 N–H and O–H groups in total. The summed E-state index contributed by atoms with van der Waals surface area (Å²) in [6.07, 6.45) is 1.77. The summed E-state index contributed by atoms with van der Waals surface area (Å²) in [6.45, 7) is 1.31. The SMILES string of the molecule is Fc1ccc(-c2ccc(CNCc3ccccn3)o2)cc1.[Cl-]. The van der Waals surface area contributed by atoms with Crippen LogP contribution in [0.5, 0.6) is 0 Å². The van der Waals surface area contributed by atoms with Crippen molar-refractivity contribution in [3.63, 3.8) is 0 Å². The van der Waals surface area contributed by atoms with Gasteiger partial charge in [-0.2, -0.15) is 0 Å². The normalized spacial score (nSPS) is 10.2. The third-order valence-corrected chi connectivity index (χ3v) is 3.12. The number of rotatable bonds is 5. The molecule has 114 valence electrons. The van der Waals surface area contributed by atoms with Crippen LogP contribution >= 0.6 is 0 Å². The van der Waals surface area contributed by atoms with Gasteiger partial charge in [-0.15, -0.1) is 0 Å². The maximum Gasteiger partial charge on any atom is 0.134 e. The van der Waals surface area contributed by atoms with Crippen molar-refractivity contribution in [2.24, 2.45) is 0 Å². The minimum absolute atomic E-state index is 0. The molecular weight excluding hydrogens is 303 g/mol. The molecule has 22 heavy (non-hydrogen) atoms. The van der Waals surface area contributed by atoms with Crippen molar-refractivity contribution in [2.75, 3.05) is 0 Å². The molecule has 0 saturated carbocycles. The van der Waals surface area contributed by atoms with E-state index in [1.54, 1.807) is 18.3 Å². The predicted octanol–water partition coefficient (Wildman–Crippen LogP) is 0.774. The summed E-state index contributed by atoms with van der Waals surface area (Å²) in [7, 11) is 0. The number of nitrogens with zero attached hydrogens (tertiary/aromatic N) is 1. The molecule has 0 aliphatic heterocycles. The second-order valence-electron chi connectivity index (χ2n) is 4.70. The molecule has 0 bridgehead atoms. The van der Waals surface area contributed by atoms with E-state index in [1.165, 1.54) is 12.1 Å². The van der Waals surface area contributed by atoms with Gasteiger partial charge in [0, 0.05) is 18.3 Å². The number of aromatic nitrogens is 1. The number of hydrogen-bond acceptors (Lipinski definition) is 3. The fourth-order valence-electron chi connectivity index (χ4n) is 2.06. The first-order chi connectivity index (χ1) is 10.3. The van der Waals surface area contributed by atoms with Crippen molar-refractivity contribution in [2.45, 2.75) is 13.1 Å². The zero-order valence-corrected chi connectivity index (χ0v) is 12.6. The van der Waals surface area contributed by atoms with Gasteiger partial charge in [-0.25, -0.2) is 4.39 Å². The first-order valence-corrected chi connectivity index (χ1v) is 6.76. The average molecular weight is 318 g/mol. The molecule has 2 heterocycles. The average Bonchev–Trinajstić information content (AvgIpc) is 2.98. The lowest BCUT2D eigenvalue weighted by Gasteiger charge is -2.02. The third-order valence-electron chi connectivity index (χ3n) is 3.12. The highest BCUT2D eigenvalue weighted by Gasteiger charge is 2.05. The van der Waals surface area contributed by atoms with Gasteiger partial charge >= 0.3 is 0 Å². The molecule has 0 aliphatic rings. The van der Waals surface area contributed by atoms with Gasteiger partial charge in [0.25, 0.3) is 0 Å². The van der Waals surface area contributed by atoms with Crippen molar-refractivity contribution >= 4 is 0 Å². The fraction of sp³-hybridized carbons (Fsp3) is 0.118. The van der Waals surface area contributed by atoms with Crippen LogP contribution in [0.3, 0.4) is 0 Å². The van der Waals surface area contributed by atoms with Gasteiger partial charge in [-0.3, -0.25) is 4.98 Å². The Morgan fingerprint density at radius 2 is 1.77 bits per heavy atom. The Kier molecular flexibility index (Phi) is 5.69. The lowest BCUT2D eigenvalue weighted by molar-refractivity contribution is -0.00000549. The smallest absolute Gasteiger partial charge is 0.134 e. The van der Waals surface area contributed by atoms with E-state index in [4.69, 9.17) is 4.42 Å². The molecule has 3 nitrogen and oxygen atoms in total. The Morgan fingerprint density at radius 1 is 0.955 bits per heavy atom. The first-order valence-electron chi connectivity index (χ1n) is 6.76. The monoisotopic (exact) mass is 317 g/mol. The van der Waals surface area contributed by atoms with E-state index in [1.807, 2.05) is 30.3 Å². The summed E-state index contributed by atoms with van der Waals surface area (Å²) in [5.41, 5.74) is 1.86. The van der Waals surface area contributed by atoms with Crippen LogP contribution in [0.15, 0.2) is 65.2 Å². The molecule has 0 spiro atoms. The Bertz CT molecular complexity index is 698. The highest BCUT2D eigenvalue weighted by molar-refractivity contribution is 5.57. The van der Waals surface area contributed by atoms with Crippen molar-refractivity contribution < 1.29 is 21.2 Å². The second kappa shape index (κ2) is 7.73. The molecule has 0 atom stereocenters. The fourth-order valence-corrected chi connectivity index (χ4v) is 2.06. The van der Waals surface area contributed by atoms with Gasteiger partial charge in [0.15, 0.2) is 0 Å². The number of pyridine rings is 1. The molecule has 0 saturated heterocycles. The van der Waals surface area contributed by atoms with E-state index < -0.39 is 0 Å². The van der Waals surface area contributed by atoms with Gasteiger partial charge in [0.05, 0.1) is 12.2 Å². The summed E-state index contributed by atoms with van der Waals surface area (Å²) in [5, 5.41) is 3.28. The highest BCUT2D eigenvalue weighted by atomic mass is 35.5. The molecule has 0 aliphatic carbocycles. The van der Waals surface area contributed by atoms with Crippen LogP contribution in [-0.2, 0) is 13.1 Å². The zero-order valence-electron chi connectivity index (χ0n) is 11.8. The summed E-state index contributed by atoms with van der Waals surface area (Å²) in [5.74, 6) is 1.33. The number of furan rings is 1. The van der Waals surface area contributed by atoms with Crippen molar-refractivity contribution in [1.29, 1.82) is 0 Å². The van der Waals surface area contributed by atoms with E-state index in [0.29, 0.717) is 13.1 Å². The maximum absolute atomic E-state index is 12.9. The van der Waals surface area contributed by atoms with Crippen LogP contribution < -0.4 is 17.7 Å². The number of halogens is 2. The quantitative estimate of drug-likeness (QED) is 0.755. The van der Waals surface area contributed by atoms with Gasteiger partial charge in [0.1, 0.15) is 17.3 Å². The Morgan fingerprint density at radius 3 is 2.50 bits per heavy atom. The number of nitrogens with one attached hydrogen (secondary N) is 1.